The number of aryl methyl sites for hydroxylation is 1. The fraction of sp³-hybridized carbons (Fsp3) is 0.125. The summed E-state index contributed by atoms with van der Waals surface area (Å²) in [6, 6.07) is 3.72. The van der Waals surface area contributed by atoms with Crippen LogP contribution in [0.4, 0.5) is 0 Å². The molecule has 62 valence electrons. The third-order valence-corrected chi connectivity index (χ3v) is 2.53. The largest absolute Gasteiger partial charge is 0.275 e. The molecule has 0 atom stereocenters. The number of halogens is 2. The maximum atomic E-state index is 5.85. The molecule has 0 amide bonds. The van der Waals surface area contributed by atoms with Crippen LogP contribution in [0, 0.1) is 0 Å². The minimum atomic E-state index is 0.702. The first-order chi connectivity index (χ1) is 5.66. The van der Waals surface area contributed by atoms with Crippen molar-refractivity contribution in [2.75, 3.05) is 0 Å². The molecule has 0 N–H and O–H groups in total. The number of rotatable bonds is 0. The molecular formula is C8H6BrClN2. The molecule has 0 aliphatic carbocycles. The molecule has 0 radical (unpaired) electrons. The zero-order valence-corrected chi connectivity index (χ0v) is 8.72. The Morgan fingerprint density at radius 3 is 3.00 bits per heavy atom. The van der Waals surface area contributed by atoms with Crippen molar-refractivity contribution in [2.24, 2.45) is 7.05 Å². The molecule has 0 saturated heterocycles. The van der Waals surface area contributed by atoms with Crippen LogP contribution < -0.4 is 0 Å². The van der Waals surface area contributed by atoms with E-state index in [1.54, 1.807) is 4.68 Å². The third kappa shape index (κ3) is 1.23. The second kappa shape index (κ2) is 2.75. The van der Waals surface area contributed by atoms with Crippen molar-refractivity contribution in [3.63, 3.8) is 0 Å². The van der Waals surface area contributed by atoms with Gasteiger partial charge in [-0.1, -0.05) is 11.6 Å². The molecule has 0 saturated carbocycles. The van der Waals surface area contributed by atoms with E-state index in [1.807, 2.05) is 25.4 Å². The molecule has 0 bridgehead atoms. The maximum Gasteiger partial charge on any atom is 0.0949 e. The Kier molecular flexibility index (Phi) is 1.85. The van der Waals surface area contributed by atoms with Crippen molar-refractivity contribution < 1.29 is 0 Å². The lowest BCUT2D eigenvalue weighted by atomic mass is 10.3. The highest BCUT2D eigenvalue weighted by atomic mass is 79.9. The van der Waals surface area contributed by atoms with Crippen LogP contribution in [-0.2, 0) is 7.05 Å². The van der Waals surface area contributed by atoms with Gasteiger partial charge in [-0.05, 0) is 28.1 Å². The van der Waals surface area contributed by atoms with Crippen LogP contribution in [0.25, 0.3) is 10.9 Å². The van der Waals surface area contributed by atoms with Crippen LogP contribution >= 0.6 is 27.5 Å². The van der Waals surface area contributed by atoms with Crippen LogP contribution in [0.2, 0.25) is 5.02 Å². The fourth-order valence-electron chi connectivity index (χ4n) is 1.17. The SMILES string of the molecule is Cn1cc2c(Br)cc(Cl)cc2n1. The lowest BCUT2D eigenvalue weighted by Crippen LogP contribution is -1.84. The lowest BCUT2D eigenvalue weighted by molar-refractivity contribution is 0.780. The fourth-order valence-corrected chi connectivity index (χ4v) is 2.06. The highest BCUT2D eigenvalue weighted by Crippen LogP contribution is 2.26. The summed E-state index contributed by atoms with van der Waals surface area (Å²) in [5.74, 6) is 0. The van der Waals surface area contributed by atoms with Crippen LogP contribution in [0.3, 0.4) is 0 Å². The molecule has 0 unspecified atom stereocenters. The van der Waals surface area contributed by atoms with E-state index in [4.69, 9.17) is 11.6 Å². The molecule has 0 spiro atoms. The second-order valence-electron chi connectivity index (χ2n) is 2.62. The van der Waals surface area contributed by atoms with Gasteiger partial charge in [0, 0.05) is 28.1 Å². The van der Waals surface area contributed by atoms with Gasteiger partial charge >= 0.3 is 0 Å². The molecule has 2 aromatic rings. The van der Waals surface area contributed by atoms with Gasteiger partial charge < -0.3 is 0 Å². The Bertz CT molecular complexity index is 436. The summed E-state index contributed by atoms with van der Waals surface area (Å²) in [5, 5.41) is 6.02. The van der Waals surface area contributed by atoms with Crippen molar-refractivity contribution in [3.8, 4) is 0 Å². The van der Waals surface area contributed by atoms with Gasteiger partial charge in [0.1, 0.15) is 0 Å². The molecule has 1 aromatic heterocycles. The first-order valence-electron chi connectivity index (χ1n) is 3.45. The summed E-state index contributed by atoms with van der Waals surface area (Å²) >= 11 is 9.28. The molecule has 0 fully saturated rings. The van der Waals surface area contributed by atoms with Crippen molar-refractivity contribution in [1.29, 1.82) is 0 Å². The molecule has 2 nitrogen and oxygen atoms in total. The summed E-state index contributed by atoms with van der Waals surface area (Å²) in [7, 11) is 1.89. The average Bonchev–Trinajstić information content (AvgIpc) is 2.29. The minimum Gasteiger partial charge on any atom is -0.275 e. The zero-order chi connectivity index (χ0) is 8.72. The quantitative estimate of drug-likeness (QED) is 0.698. The summed E-state index contributed by atoms with van der Waals surface area (Å²) in [4.78, 5) is 0. The van der Waals surface area contributed by atoms with Gasteiger partial charge in [0.15, 0.2) is 0 Å². The van der Waals surface area contributed by atoms with Crippen LogP contribution in [0.5, 0.6) is 0 Å². The third-order valence-electron chi connectivity index (χ3n) is 1.65. The molecule has 0 aliphatic heterocycles. The van der Waals surface area contributed by atoms with E-state index in [0.29, 0.717) is 5.02 Å². The van der Waals surface area contributed by atoms with Gasteiger partial charge in [-0.2, -0.15) is 5.10 Å². The number of hydrogen-bond acceptors (Lipinski definition) is 1. The predicted molar refractivity (Wildman–Crippen MR) is 53.4 cm³/mol. The first-order valence-corrected chi connectivity index (χ1v) is 4.62. The molecule has 1 heterocycles. The lowest BCUT2D eigenvalue weighted by Gasteiger charge is -1.92. The van der Waals surface area contributed by atoms with Gasteiger partial charge in [0.05, 0.1) is 5.52 Å². The Morgan fingerprint density at radius 2 is 2.25 bits per heavy atom. The van der Waals surface area contributed by atoms with Crippen LogP contribution in [0.15, 0.2) is 22.8 Å². The number of fused-ring (bicyclic) bond motifs is 1. The smallest absolute Gasteiger partial charge is 0.0949 e. The molecule has 1 aromatic carbocycles. The molecule has 0 aliphatic rings. The van der Waals surface area contributed by atoms with Crippen molar-refractivity contribution in [1.82, 2.24) is 9.78 Å². The summed E-state index contributed by atoms with van der Waals surface area (Å²) in [6.45, 7) is 0. The summed E-state index contributed by atoms with van der Waals surface area (Å²) in [6.07, 6.45) is 1.95. The van der Waals surface area contributed by atoms with E-state index in [-0.39, 0.29) is 0 Å². The highest BCUT2D eigenvalue weighted by molar-refractivity contribution is 9.10. The van der Waals surface area contributed by atoms with Crippen molar-refractivity contribution in [2.45, 2.75) is 0 Å². The molecule has 4 heteroatoms. The van der Waals surface area contributed by atoms with Gasteiger partial charge in [-0.3, -0.25) is 4.68 Å². The number of hydrogen-bond donors (Lipinski definition) is 0. The van der Waals surface area contributed by atoms with E-state index in [1.165, 1.54) is 0 Å². The normalized spacial score (nSPS) is 10.9. The van der Waals surface area contributed by atoms with E-state index in [0.717, 1.165) is 15.4 Å². The highest BCUT2D eigenvalue weighted by Gasteiger charge is 2.03. The predicted octanol–water partition coefficient (Wildman–Crippen LogP) is 2.99. The van der Waals surface area contributed by atoms with Crippen LogP contribution in [-0.4, -0.2) is 9.78 Å². The van der Waals surface area contributed by atoms with E-state index < -0.39 is 0 Å². The minimum absolute atomic E-state index is 0.702. The van der Waals surface area contributed by atoms with Gasteiger partial charge in [0.25, 0.3) is 0 Å². The standard InChI is InChI=1S/C8H6BrClN2/c1-12-4-6-7(9)2-5(10)3-8(6)11-12/h2-4H,1H3. The Labute approximate surface area is 83.3 Å². The molecule has 2 rings (SSSR count). The van der Waals surface area contributed by atoms with E-state index in [9.17, 15) is 0 Å². The molecule has 12 heavy (non-hydrogen) atoms. The monoisotopic (exact) mass is 244 g/mol. The van der Waals surface area contributed by atoms with Gasteiger partial charge in [0.2, 0.25) is 0 Å². The zero-order valence-electron chi connectivity index (χ0n) is 6.38. The maximum absolute atomic E-state index is 5.85. The van der Waals surface area contributed by atoms with Gasteiger partial charge in [-0.25, -0.2) is 0 Å². The number of benzene rings is 1. The average molecular weight is 246 g/mol. The summed E-state index contributed by atoms with van der Waals surface area (Å²) in [5.41, 5.74) is 0.914. The van der Waals surface area contributed by atoms with E-state index >= 15 is 0 Å². The van der Waals surface area contributed by atoms with Crippen LogP contribution in [0.1, 0.15) is 0 Å². The topological polar surface area (TPSA) is 17.8 Å². The second-order valence-corrected chi connectivity index (χ2v) is 3.91. The Hall–Kier alpha value is -0.540. The van der Waals surface area contributed by atoms with Crippen molar-refractivity contribution in [3.05, 3.63) is 27.8 Å². The van der Waals surface area contributed by atoms with E-state index in [2.05, 4.69) is 21.0 Å². The van der Waals surface area contributed by atoms with Crippen molar-refractivity contribution >= 4 is 38.4 Å². The van der Waals surface area contributed by atoms with Gasteiger partial charge in [-0.15, -0.1) is 0 Å². The Balaban J connectivity index is 2.88. The Morgan fingerprint density at radius 1 is 1.50 bits per heavy atom. The molecular weight excluding hydrogens is 239 g/mol. The summed E-state index contributed by atoms with van der Waals surface area (Å²) < 4.78 is 2.75. The number of aromatic nitrogens is 2. The first kappa shape index (κ1) is 8.08. The number of nitrogens with zero attached hydrogens (tertiary/aromatic N) is 2.